The number of aromatic carboxylic acids is 1. The molecule has 1 heterocycles. The average Bonchev–Trinajstić information content (AvgIpc) is 2.41. The number of halogens is 1. The van der Waals surface area contributed by atoms with Crippen LogP contribution < -0.4 is 10.9 Å². The third kappa shape index (κ3) is 2.86. The Morgan fingerprint density at radius 2 is 2.00 bits per heavy atom. The van der Waals surface area contributed by atoms with Gasteiger partial charge in [0.15, 0.2) is 0 Å². The van der Waals surface area contributed by atoms with Crippen molar-refractivity contribution < 1.29 is 14.7 Å². The molecule has 0 aliphatic rings. The van der Waals surface area contributed by atoms with E-state index in [4.69, 9.17) is 16.7 Å². The van der Waals surface area contributed by atoms with Crippen LogP contribution in [0.15, 0.2) is 41.3 Å². The molecular formula is C13H9ClN2O4. The van der Waals surface area contributed by atoms with E-state index in [-0.39, 0.29) is 21.8 Å². The number of carboxylic acids is 1. The zero-order chi connectivity index (χ0) is 14.7. The lowest BCUT2D eigenvalue weighted by atomic mass is 10.2. The van der Waals surface area contributed by atoms with Crippen molar-refractivity contribution in [2.45, 2.75) is 0 Å². The number of hydrogen-bond acceptors (Lipinski definition) is 3. The Kier molecular flexibility index (Phi) is 3.86. The minimum atomic E-state index is -1.14. The van der Waals surface area contributed by atoms with E-state index in [2.05, 4.69) is 10.3 Å². The van der Waals surface area contributed by atoms with Crippen LogP contribution in [0.4, 0.5) is 5.69 Å². The van der Waals surface area contributed by atoms with Crippen LogP contribution in [0.25, 0.3) is 0 Å². The highest BCUT2D eigenvalue weighted by Crippen LogP contribution is 2.23. The first kappa shape index (κ1) is 13.8. The fourth-order valence-electron chi connectivity index (χ4n) is 1.54. The second kappa shape index (κ2) is 5.58. The molecule has 6 nitrogen and oxygen atoms in total. The van der Waals surface area contributed by atoms with Gasteiger partial charge in [0.05, 0.1) is 16.3 Å². The molecule has 0 unspecified atom stereocenters. The molecule has 1 aromatic heterocycles. The number of rotatable bonds is 3. The number of anilines is 1. The topological polar surface area (TPSA) is 99.3 Å². The summed E-state index contributed by atoms with van der Waals surface area (Å²) in [6.07, 6.45) is 1.40. The summed E-state index contributed by atoms with van der Waals surface area (Å²) in [5.41, 5.74) is -0.536. The second-order valence-electron chi connectivity index (χ2n) is 3.87. The van der Waals surface area contributed by atoms with Gasteiger partial charge in [-0.1, -0.05) is 11.6 Å². The molecule has 3 N–H and O–H groups in total. The van der Waals surface area contributed by atoms with Crippen molar-refractivity contribution in [3.05, 3.63) is 63.0 Å². The zero-order valence-corrected chi connectivity index (χ0v) is 10.8. The number of benzene rings is 1. The molecule has 1 amide bonds. The highest BCUT2D eigenvalue weighted by atomic mass is 35.5. The second-order valence-corrected chi connectivity index (χ2v) is 4.27. The van der Waals surface area contributed by atoms with E-state index in [1.54, 1.807) is 0 Å². The standard InChI is InChI=1S/C13H9ClN2O4/c14-9-4-3-7(13(19)20)6-10(9)16-12(18)8-2-1-5-15-11(8)17/h1-6H,(H,15,17)(H,16,18)(H,19,20). The van der Waals surface area contributed by atoms with Gasteiger partial charge in [0.2, 0.25) is 0 Å². The normalized spacial score (nSPS) is 10.1. The minimum Gasteiger partial charge on any atom is -0.478 e. The predicted octanol–water partition coefficient (Wildman–Crippen LogP) is 1.98. The molecule has 20 heavy (non-hydrogen) atoms. The van der Waals surface area contributed by atoms with Crippen LogP contribution in [0.2, 0.25) is 5.02 Å². The molecule has 0 aliphatic carbocycles. The monoisotopic (exact) mass is 292 g/mol. The maximum absolute atomic E-state index is 11.9. The smallest absolute Gasteiger partial charge is 0.335 e. The molecule has 0 atom stereocenters. The molecule has 2 aromatic rings. The lowest BCUT2D eigenvalue weighted by molar-refractivity contribution is 0.0696. The summed E-state index contributed by atoms with van der Waals surface area (Å²) in [4.78, 5) is 36.6. The molecule has 0 spiro atoms. The quantitative estimate of drug-likeness (QED) is 0.805. The van der Waals surface area contributed by atoms with Gasteiger partial charge < -0.3 is 15.4 Å². The number of nitrogens with one attached hydrogen (secondary N) is 2. The predicted molar refractivity (Wildman–Crippen MR) is 73.4 cm³/mol. The number of H-pyrrole nitrogens is 1. The van der Waals surface area contributed by atoms with Crippen molar-refractivity contribution in [1.82, 2.24) is 4.98 Å². The lowest BCUT2D eigenvalue weighted by Crippen LogP contribution is -2.22. The average molecular weight is 293 g/mol. The summed E-state index contributed by atoms with van der Waals surface area (Å²) < 4.78 is 0. The zero-order valence-electron chi connectivity index (χ0n) is 10.0. The van der Waals surface area contributed by atoms with Gasteiger partial charge in [-0.3, -0.25) is 9.59 Å². The maximum Gasteiger partial charge on any atom is 0.335 e. The molecule has 102 valence electrons. The Balaban J connectivity index is 2.33. The first-order valence-electron chi connectivity index (χ1n) is 5.51. The fraction of sp³-hybridized carbons (Fsp3) is 0. The van der Waals surface area contributed by atoms with E-state index < -0.39 is 17.4 Å². The molecule has 0 fully saturated rings. The maximum atomic E-state index is 11.9. The van der Waals surface area contributed by atoms with Gasteiger partial charge in [0, 0.05) is 6.20 Å². The largest absolute Gasteiger partial charge is 0.478 e. The molecule has 0 bridgehead atoms. The van der Waals surface area contributed by atoms with Crippen LogP contribution >= 0.6 is 11.6 Å². The van der Waals surface area contributed by atoms with E-state index in [0.29, 0.717) is 0 Å². The summed E-state index contributed by atoms with van der Waals surface area (Å²) in [5, 5.41) is 11.5. The first-order valence-corrected chi connectivity index (χ1v) is 5.88. The van der Waals surface area contributed by atoms with E-state index in [0.717, 1.165) is 0 Å². The minimum absolute atomic E-state index is 0.0216. The van der Waals surface area contributed by atoms with Crippen molar-refractivity contribution in [1.29, 1.82) is 0 Å². The molecule has 0 saturated carbocycles. The molecule has 0 aliphatic heterocycles. The van der Waals surface area contributed by atoms with Gasteiger partial charge in [-0.25, -0.2) is 4.79 Å². The number of hydrogen-bond donors (Lipinski definition) is 3. The number of pyridine rings is 1. The molecular weight excluding hydrogens is 284 g/mol. The first-order chi connectivity index (χ1) is 9.49. The summed E-state index contributed by atoms with van der Waals surface area (Å²) in [6, 6.07) is 6.75. The number of carboxylic acid groups (broad SMARTS) is 1. The van der Waals surface area contributed by atoms with Gasteiger partial charge in [0.1, 0.15) is 5.56 Å². The van der Waals surface area contributed by atoms with Crippen LogP contribution in [-0.4, -0.2) is 22.0 Å². The fourth-order valence-corrected chi connectivity index (χ4v) is 1.71. The summed E-state index contributed by atoms with van der Waals surface area (Å²) >= 11 is 5.88. The lowest BCUT2D eigenvalue weighted by Gasteiger charge is -2.07. The van der Waals surface area contributed by atoms with Crippen molar-refractivity contribution >= 4 is 29.2 Å². The summed E-state index contributed by atoms with van der Waals surface area (Å²) in [6.45, 7) is 0. The number of amides is 1. The highest BCUT2D eigenvalue weighted by Gasteiger charge is 2.13. The van der Waals surface area contributed by atoms with Crippen LogP contribution in [0.1, 0.15) is 20.7 Å². The summed E-state index contributed by atoms with van der Waals surface area (Å²) in [7, 11) is 0. The Morgan fingerprint density at radius 1 is 1.25 bits per heavy atom. The van der Waals surface area contributed by atoms with Crippen molar-refractivity contribution in [2.24, 2.45) is 0 Å². The number of carbonyl (C=O) groups is 2. The van der Waals surface area contributed by atoms with Crippen molar-refractivity contribution in [2.75, 3.05) is 5.32 Å². The van der Waals surface area contributed by atoms with Crippen LogP contribution in [0, 0.1) is 0 Å². The highest BCUT2D eigenvalue weighted by molar-refractivity contribution is 6.34. The van der Waals surface area contributed by atoms with Crippen molar-refractivity contribution in [3.8, 4) is 0 Å². The van der Waals surface area contributed by atoms with Gasteiger partial charge >= 0.3 is 5.97 Å². The SMILES string of the molecule is O=C(O)c1ccc(Cl)c(NC(=O)c2ccc[nH]c2=O)c1. The number of aromatic nitrogens is 1. The number of aromatic amines is 1. The molecule has 7 heteroatoms. The van der Waals surface area contributed by atoms with E-state index in [9.17, 15) is 14.4 Å². The van der Waals surface area contributed by atoms with E-state index in [1.165, 1.54) is 36.5 Å². The molecule has 0 radical (unpaired) electrons. The van der Waals surface area contributed by atoms with Gasteiger partial charge in [-0.15, -0.1) is 0 Å². The van der Waals surface area contributed by atoms with Crippen LogP contribution in [0.5, 0.6) is 0 Å². The molecule has 2 rings (SSSR count). The Labute approximate surface area is 118 Å². The molecule has 0 saturated heterocycles. The van der Waals surface area contributed by atoms with Gasteiger partial charge in [0.25, 0.3) is 11.5 Å². The van der Waals surface area contributed by atoms with E-state index in [1.807, 2.05) is 0 Å². The summed E-state index contributed by atoms with van der Waals surface area (Å²) in [5.74, 6) is -1.81. The van der Waals surface area contributed by atoms with Crippen LogP contribution in [-0.2, 0) is 0 Å². The van der Waals surface area contributed by atoms with Gasteiger partial charge in [-0.05, 0) is 30.3 Å². The van der Waals surface area contributed by atoms with Crippen molar-refractivity contribution in [3.63, 3.8) is 0 Å². The molecule has 1 aromatic carbocycles. The number of carbonyl (C=O) groups excluding carboxylic acids is 1. The third-order valence-corrected chi connectivity index (χ3v) is 2.85. The Bertz CT molecular complexity index is 739. The van der Waals surface area contributed by atoms with Gasteiger partial charge in [-0.2, -0.15) is 0 Å². The third-order valence-electron chi connectivity index (χ3n) is 2.52. The Morgan fingerprint density at radius 3 is 2.65 bits per heavy atom. The van der Waals surface area contributed by atoms with E-state index >= 15 is 0 Å². The Hall–Kier alpha value is -2.60. The van der Waals surface area contributed by atoms with Crippen LogP contribution in [0.3, 0.4) is 0 Å².